The maximum atomic E-state index is 13.6. The summed E-state index contributed by atoms with van der Waals surface area (Å²) in [5.41, 5.74) is 1.34. The summed E-state index contributed by atoms with van der Waals surface area (Å²) in [6.45, 7) is 1.84. The fourth-order valence-electron chi connectivity index (χ4n) is 2.51. The number of nitrogens with one attached hydrogen (secondary N) is 1. The number of rotatable bonds is 7. The third-order valence-electron chi connectivity index (χ3n) is 4.12. The predicted molar refractivity (Wildman–Crippen MR) is 107 cm³/mol. The lowest BCUT2D eigenvalue weighted by Crippen LogP contribution is -2.30. The molecule has 0 bridgehead atoms. The smallest absolute Gasteiger partial charge is 0.338 e. The van der Waals surface area contributed by atoms with E-state index in [2.05, 4.69) is 5.32 Å². The second kappa shape index (κ2) is 9.50. The Balaban J connectivity index is 1.53. The van der Waals surface area contributed by atoms with E-state index < -0.39 is 23.8 Å². The van der Waals surface area contributed by atoms with Crippen molar-refractivity contribution >= 4 is 17.6 Å². The molecule has 1 atom stereocenters. The molecule has 0 saturated heterocycles. The Morgan fingerprint density at radius 3 is 2.28 bits per heavy atom. The Morgan fingerprint density at radius 2 is 1.59 bits per heavy atom. The summed E-state index contributed by atoms with van der Waals surface area (Å²) >= 11 is 0. The van der Waals surface area contributed by atoms with Gasteiger partial charge in [-0.25, -0.2) is 9.18 Å². The number of esters is 1. The SMILES string of the molecule is C[C@H](OC(=O)c1ccc(OCc2ccccc2)cc1)C(=O)Nc1ccccc1F. The zero-order valence-electron chi connectivity index (χ0n) is 15.8. The van der Waals surface area contributed by atoms with E-state index in [1.54, 1.807) is 30.3 Å². The molecule has 0 fully saturated rings. The summed E-state index contributed by atoms with van der Waals surface area (Å²) in [6, 6.07) is 21.9. The van der Waals surface area contributed by atoms with E-state index in [-0.39, 0.29) is 11.3 Å². The van der Waals surface area contributed by atoms with Gasteiger partial charge in [0.1, 0.15) is 18.2 Å². The fraction of sp³-hybridized carbons (Fsp3) is 0.130. The topological polar surface area (TPSA) is 64.6 Å². The standard InChI is InChI=1S/C23H20FNO4/c1-16(22(26)25-21-10-6-5-9-20(21)24)29-23(27)18-11-13-19(14-12-18)28-15-17-7-3-2-4-8-17/h2-14,16H,15H2,1H3,(H,25,26)/t16-/m0/s1. The lowest BCUT2D eigenvalue weighted by atomic mass is 10.2. The van der Waals surface area contributed by atoms with Gasteiger partial charge < -0.3 is 14.8 Å². The molecule has 29 heavy (non-hydrogen) atoms. The van der Waals surface area contributed by atoms with E-state index in [0.29, 0.717) is 12.4 Å². The van der Waals surface area contributed by atoms with Crippen molar-refractivity contribution in [3.63, 3.8) is 0 Å². The van der Waals surface area contributed by atoms with E-state index in [0.717, 1.165) is 5.56 Å². The lowest BCUT2D eigenvalue weighted by Gasteiger charge is -2.14. The van der Waals surface area contributed by atoms with Crippen LogP contribution in [-0.4, -0.2) is 18.0 Å². The molecule has 1 N–H and O–H groups in total. The number of para-hydroxylation sites is 1. The number of carbonyl (C=O) groups is 2. The molecule has 5 nitrogen and oxygen atoms in total. The highest BCUT2D eigenvalue weighted by molar-refractivity contribution is 5.97. The first-order valence-electron chi connectivity index (χ1n) is 9.06. The maximum Gasteiger partial charge on any atom is 0.338 e. The van der Waals surface area contributed by atoms with E-state index >= 15 is 0 Å². The van der Waals surface area contributed by atoms with Gasteiger partial charge in [-0.05, 0) is 48.9 Å². The molecule has 0 aliphatic rings. The van der Waals surface area contributed by atoms with Crippen molar-refractivity contribution in [2.45, 2.75) is 19.6 Å². The Hall–Kier alpha value is -3.67. The number of benzene rings is 3. The van der Waals surface area contributed by atoms with Crippen LogP contribution in [0.5, 0.6) is 5.75 Å². The number of halogens is 1. The summed E-state index contributed by atoms with van der Waals surface area (Å²) < 4.78 is 24.5. The molecule has 0 unspecified atom stereocenters. The molecule has 0 aromatic heterocycles. The van der Waals surface area contributed by atoms with Crippen molar-refractivity contribution in [1.29, 1.82) is 0 Å². The molecule has 0 heterocycles. The van der Waals surface area contributed by atoms with Gasteiger partial charge in [0.15, 0.2) is 6.10 Å². The lowest BCUT2D eigenvalue weighted by molar-refractivity contribution is -0.123. The van der Waals surface area contributed by atoms with Crippen LogP contribution in [0.4, 0.5) is 10.1 Å². The minimum absolute atomic E-state index is 0.0281. The summed E-state index contributed by atoms with van der Waals surface area (Å²) in [5.74, 6) is -1.23. The first kappa shape index (κ1) is 20.1. The van der Waals surface area contributed by atoms with Crippen LogP contribution in [0.1, 0.15) is 22.8 Å². The van der Waals surface area contributed by atoms with E-state index in [1.807, 2.05) is 30.3 Å². The number of hydrogen-bond acceptors (Lipinski definition) is 4. The summed E-state index contributed by atoms with van der Waals surface area (Å²) in [5, 5.41) is 2.40. The van der Waals surface area contributed by atoms with Crippen molar-refractivity contribution in [3.8, 4) is 5.75 Å². The molecule has 3 aromatic rings. The number of ether oxygens (including phenoxy) is 2. The van der Waals surface area contributed by atoms with Gasteiger partial charge in [0, 0.05) is 0 Å². The quantitative estimate of drug-likeness (QED) is 0.597. The third-order valence-corrected chi connectivity index (χ3v) is 4.12. The summed E-state index contributed by atoms with van der Waals surface area (Å²) in [4.78, 5) is 24.4. The molecule has 0 aliphatic heterocycles. The van der Waals surface area contributed by atoms with Crippen LogP contribution in [0.2, 0.25) is 0 Å². The minimum atomic E-state index is -1.09. The normalized spacial score (nSPS) is 11.4. The van der Waals surface area contributed by atoms with Crippen molar-refractivity contribution < 1.29 is 23.5 Å². The van der Waals surface area contributed by atoms with E-state index in [4.69, 9.17) is 9.47 Å². The highest BCUT2D eigenvalue weighted by atomic mass is 19.1. The van der Waals surface area contributed by atoms with Crippen LogP contribution < -0.4 is 10.1 Å². The molecule has 3 aromatic carbocycles. The van der Waals surface area contributed by atoms with Crippen LogP contribution in [0.25, 0.3) is 0 Å². The van der Waals surface area contributed by atoms with Gasteiger partial charge in [-0.3, -0.25) is 4.79 Å². The van der Waals surface area contributed by atoms with E-state index in [1.165, 1.54) is 25.1 Å². The van der Waals surface area contributed by atoms with Crippen molar-refractivity contribution in [2.75, 3.05) is 5.32 Å². The molecule has 1 amide bonds. The van der Waals surface area contributed by atoms with Gasteiger partial charge in [0.05, 0.1) is 11.3 Å². The Kier molecular flexibility index (Phi) is 6.58. The molecular weight excluding hydrogens is 373 g/mol. The first-order chi connectivity index (χ1) is 14.0. The van der Waals surface area contributed by atoms with Crippen LogP contribution in [-0.2, 0) is 16.1 Å². The largest absolute Gasteiger partial charge is 0.489 e. The predicted octanol–water partition coefficient (Wildman–Crippen LogP) is 4.59. The van der Waals surface area contributed by atoms with Gasteiger partial charge >= 0.3 is 5.97 Å². The van der Waals surface area contributed by atoms with Crippen molar-refractivity contribution in [3.05, 3.63) is 95.8 Å². The zero-order valence-corrected chi connectivity index (χ0v) is 15.8. The molecule has 0 radical (unpaired) electrons. The van der Waals surface area contributed by atoms with Gasteiger partial charge in [0.25, 0.3) is 5.91 Å². The van der Waals surface area contributed by atoms with Crippen molar-refractivity contribution in [2.24, 2.45) is 0 Å². The molecule has 6 heteroatoms. The molecular formula is C23H20FNO4. The monoisotopic (exact) mass is 393 g/mol. The number of amides is 1. The Labute approximate surface area is 168 Å². The number of carbonyl (C=O) groups excluding carboxylic acids is 2. The summed E-state index contributed by atoms with van der Waals surface area (Å²) in [6.07, 6.45) is -1.09. The van der Waals surface area contributed by atoms with Gasteiger partial charge in [-0.15, -0.1) is 0 Å². The molecule has 3 rings (SSSR count). The third kappa shape index (κ3) is 5.65. The summed E-state index contributed by atoms with van der Waals surface area (Å²) in [7, 11) is 0. The van der Waals surface area contributed by atoms with Gasteiger partial charge in [0.2, 0.25) is 0 Å². The highest BCUT2D eigenvalue weighted by Gasteiger charge is 2.20. The number of hydrogen-bond donors (Lipinski definition) is 1. The minimum Gasteiger partial charge on any atom is -0.489 e. The second-order valence-electron chi connectivity index (χ2n) is 6.32. The van der Waals surface area contributed by atoms with E-state index in [9.17, 15) is 14.0 Å². The second-order valence-corrected chi connectivity index (χ2v) is 6.32. The Bertz CT molecular complexity index is 974. The molecule has 0 saturated carbocycles. The van der Waals surface area contributed by atoms with Gasteiger partial charge in [-0.2, -0.15) is 0 Å². The Morgan fingerprint density at radius 1 is 0.931 bits per heavy atom. The fourth-order valence-corrected chi connectivity index (χ4v) is 2.51. The number of anilines is 1. The first-order valence-corrected chi connectivity index (χ1v) is 9.06. The van der Waals surface area contributed by atoms with Crippen LogP contribution >= 0.6 is 0 Å². The van der Waals surface area contributed by atoms with Crippen molar-refractivity contribution in [1.82, 2.24) is 0 Å². The molecule has 148 valence electrons. The van der Waals surface area contributed by atoms with Crippen LogP contribution in [0.3, 0.4) is 0 Å². The molecule has 0 spiro atoms. The van der Waals surface area contributed by atoms with Crippen LogP contribution in [0, 0.1) is 5.82 Å². The van der Waals surface area contributed by atoms with Gasteiger partial charge in [-0.1, -0.05) is 42.5 Å². The average Bonchev–Trinajstić information content (AvgIpc) is 2.75. The zero-order chi connectivity index (χ0) is 20.6. The highest BCUT2D eigenvalue weighted by Crippen LogP contribution is 2.16. The van der Waals surface area contributed by atoms with Crippen LogP contribution in [0.15, 0.2) is 78.9 Å². The molecule has 0 aliphatic carbocycles. The maximum absolute atomic E-state index is 13.6. The average molecular weight is 393 g/mol.